The second-order valence-electron chi connectivity index (χ2n) is 17.1. The number of likely N-dealkylation sites (N-methyl/N-ethyl adjacent to an activating group) is 1. The molecule has 5 heteroatoms. The Hall–Kier alpha value is -0.390. The Bertz CT molecular complexity index is 742. The van der Waals surface area contributed by atoms with Crippen LogP contribution >= 0.6 is 0 Å². The van der Waals surface area contributed by atoms with Gasteiger partial charge in [0.2, 0.25) is 0 Å². The van der Waals surface area contributed by atoms with E-state index < -0.39 is 0 Å². The molecule has 0 aromatic heterocycles. The number of hydrogen-bond acceptors (Lipinski definition) is 3. The van der Waals surface area contributed by atoms with Crippen LogP contribution in [-0.4, -0.2) is 69.3 Å². The van der Waals surface area contributed by atoms with Crippen LogP contribution < -0.4 is 12.4 Å². The van der Waals surface area contributed by atoms with Gasteiger partial charge in [0, 0.05) is 19.8 Å². The molecule has 324 valence electrons. The first-order chi connectivity index (χ1) is 26.1. The molecule has 0 rings (SSSR count). The van der Waals surface area contributed by atoms with Gasteiger partial charge in [-0.25, -0.2) is 0 Å². The first-order valence-corrected chi connectivity index (χ1v) is 24.0. The van der Waals surface area contributed by atoms with Crippen molar-refractivity contribution in [3.63, 3.8) is 0 Å². The first-order valence-electron chi connectivity index (χ1n) is 24.0. The van der Waals surface area contributed by atoms with Crippen molar-refractivity contribution < 1.29 is 31.5 Å². The van der Waals surface area contributed by atoms with Crippen LogP contribution in [0.2, 0.25) is 0 Å². The smallest absolute Gasteiger partial charge is 0.130 e. The van der Waals surface area contributed by atoms with Crippen LogP contribution in [0.1, 0.15) is 232 Å². The van der Waals surface area contributed by atoms with Crippen LogP contribution in [0.3, 0.4) is 0 Å². The van der Waals surface area contributed by atoms with E-state index in [1.807, 2.05) is 0 Å². The number of unbranched alkanes of at least 4 members (excludes halogenated alkanes) is 29. The van der Waals surface area contributed by atoms with Crippen LogP contribution in [0, 0.1) is 0 Å². The Labute approximate surface area is 346 Å². The summed E-state index contributed by atoms with van der Waals surface area (Å²) in [7, 11) is 4.74. The summed E-state index contributed by atoms with van der Waals surface area (Å²) in [5, 5.41) is 9.02. The molecule has 54 heavy (non-hydrogen) atoms. The zero-order valence-electron chi connectivity index (χ0n) is 37.3. The molecule has 0 heterocycles. The number of aliphatic hydroxyl groups excluding tert-OH is 1. The molecular formula is C49H98ClNO3. The van der Waals surface area contributed by atoms with E-state index in [-0.39, 0.29) is 18.5 Å². The molecule has 1 atom stereocenters. The van der Waals surface area contributed by atoms with Gasteiger partial charge in [0.05, 0.1) is 27.2 Å². The van der Waals surface area contributed by atoms with Crippen molar-refractivity contribution >= 4 is 0 Å². The normalized spacial score (nSPS) is 12.7. The van der Waals surface area contributed by atoms with Crippen molar-refractivity contribution in [3.05, 3.63) is 24.3 Å². The molecule has 0 aliphatic carbocycles. The molecule has 0 amide bonds. The molecule has 1 unspecified atom stereocenters. The van der Waals surface area contributed by atoms with Crippen molar-refractivity contribution in [1.29, 1.82) is 0 Å². The number of allylic oxidation sites excluding steroid dienone is 4. The van der Waals surface area contributed by atoms with Crippen molar-refractivity contribution in [2.45, 2.75) is 238 Å². The maximum Gasteiger partial charge on any atom is 0.130 e. The monoisotopic (exact) mass is 784 g/mol. The molecule has 0 aromatic rings. The number of rotatable bonds is 45. The lowest BCUT2D eigenvalue weighted by Crippen LogP contribution is -3.00. The predicted molar refractivity (Wildman–Crippen MR) is 236 cm³/mol. The molecule has 4 nitrogen and oxygen atoms in total. The maximum atomic E-state index is 9.02. The zero-order valence-corrected chi connectivity index (χ0v) is 38.0. The van der Waals surface area contributed by atoms with Gasteiger partial charge in [-0.15, -0.1) is 0 Å². The van der Waals surface area contributed by atoms with E-state index >= 15 is 0 Å². The van der Waals surface area contributed by atoms with E-state index in [4.69, 9.17) is 14.6 Å². The fraction of sp³-hybridized carbons (Fsp3) is 0.918. The Balaban J connectivity index is 0. The van der Waals surface area contributed by atoms with Gasteiger partial charge < -0.3 is 31.5 Å². The highest BCUT2D eigenvalue weighted by molar-refractivity contribution is 4.82. The van der Waals surface area contributed by atoms with Crippen LogP contribution in [-0.2, 0) is 9.47 Å². The summed E-state index contributed by atoms with van der Waals surface area (Å²) >= 11 is 0. The lowest BCUT2D eigenvalue weighted by Gasteiger charge is -2.33. The average Bonchev–Trinajstić information content (AvgIpc) is 3.15. The Morgan fingerprint density at radius 3 is 1.22 bits per heavy atom. The van der Waals surface area contributed by atoms with Crippen molar-refractivity contribution in [3.8, 4) is 0 Å². The summed E-state index contributed by atoms with van der Waals surface area (Å²) in [6.07, 6.45) is 54.7. The molecule has 1 N–H and O–H groups in total. The highest BCUT2D eigenvalue weighted by Crippen LogP contribution is 2.14. The van der Waals surface area contributed by atoms with Crippen LogP contribution in [0.4, 0.5) is 0 Å². The quantitative estimate of drug-likeness (QED) is 0.0380. The summed E-state index contributed by atoms with van der Waals surface area (Å²) in [5.41, 5.74) is 0. The van der Waals surface area contributed by atoms with Gasteiger partial charge in [0.15, 0.2) is 0 Å². The van der Waals surface area contributed by atoms with Crippen molar-refractivity contribution in [1.82, 2.24) is 0 Å². The van der Waals surface area contributed by atoms with Gasteiger partial charge in [-0.1, -0.05) is 173 Å². The Morgan fingerprint density at radius 2 is 0.796 bits per heavy atom. The van der Waals surface area contributed by atoms with Crippen LogP contribution in [0.25, 0.3) is 0 Å². The molecule has 0 saturated carbocycles. The highest BCUT2D eigenvalue weighted by atomic mass is 35.5. The second-order valence-corrected chi connectivity index (χ2v) is 17.1. The summed E-state index contributed by atoms with van der Waals surface area (Å²) in [6, 6.07) is 0. The molecule has 0 spiro atoms. The Kier molecular flexibility index (Phi) is 48.5. The third-order valence-electron chi connectivity index (χ3n) is 11.0. The van der Waals surface area contributed by atoms with E-state index in [9.17, 15) is 0 Å². The molecule has 0 bridgehead atoms. The van der Waals surface area contributed by atoms with Gasteiger partial charge in [-0.2, -0.15) is 0 Å². The number of nitrogens with zero attached hydrogens (tertiary/aromatic N) is 1. The van der Waals surface area contributed by atoms with Crippen molar-refractivity contribution in [2.75, 3.05) is 53.6 Å². The number of quaternary nitrogens is 1. The standard InChI is InChI=1S/C49H98NO3.ClH/c1-5-7-9-11-13-15-17-19-21-23-25-27-29-33-37-41-45-52-48-49(47-50(3,4)43-39-35-31-32-36-40-44-51)53-46-42-38-34-30-28-26-24-22-20-18-16-14-12-10-8-6-2;/h19-22,49,51H,5-18,23-48H2,1-4H3;1H/q+1;/p-1/b21-19-,22-20-;. The minimum atomic E-state index is 0. The molecular weight excluding hydrogens is 686 g/mol. The van der Waals surface area contributed by atoms with E-state index in [1.165, 1.54) is 212 Å². The second kappa shape index (κ2) is 47.0. The van der Waals surface area contributed by atoms with Gasteiger partial charge in [-0.05, 0) is 83.5 Å². The molecule has 0 aliphatic heterocycles. The van der Waals surface area contributed by atoms with E-state index in [2.05, 4.69) is 52.2 Å². The molecule has 0 radical (unpaired) electrons. The number of ether oxygens (including phenoxy) is 2. The van der Waals surface area contributed by atoms with Gasteiger partial charge in [0.1, 0.15) is 12.6 Å². The topological polar surface area (TPSA) is 38.7 Å². The third kappa shape index (κ3) is 46.0. The minimum absolute atomic E-state index is 0. The Morgan fingerprint density at radius 1 is 0.444 bits per heavy atom. The largest absolute Gasteiger partial charge is 1.00 e. The predicted octanol–water partition coefficient (Wildman–Crippen LogP) is 11.9. The number of hydrogen-bond donors (Lipinski definition) is 1. The van der Waals surface area contributed by atoms with Crippen molar-refractivity contribution in [2.24, 2.45) is 0 Å². The summed E-state index contributed by atoms with van der Waals surface area (Å²) in [4.78, 5) is 0. The lowest BCUT2D eigenvalue weighted by molar-refractivity contribution is -0.893. The third-order valence-corrected chi connectivity index (χ3v) is 11.0. The average molecular weight is 785 g/mol. The lowest BCUT2D eigenvalue weighted by atomic mass is 10.1. The fourth-order valence-corrected chi connectivity index (χ4v) is 7.42. The molecule has 0 fully saturated rings. The molecule has 0 saturated heterocycles. The van der Waals surface area contributed by atoms with E-state index in [0.29, 0.717) is 6.61 Å². The van der Waals surface area contributed by atoms with Gasteiger partial charge in [-0.3, -0.25) is 0 Å². The van der Waals surface area contributed by atoms with Gasteiger partial charge >= 0.3 is 0 Å². The summed E-state index contributed by atoms with van der Waals surface area (Å²) in [5.74, 6) is 0. The SMILES string of the molecule is CCCCCCCC/C=C\CCCCCCCCOCC(C[N+](C)(C)CCCCCCCCO)OCCCCCCCC/C=C\CCCCCCCC.[Cl-]. The van der Waals surface area contributed by atoms with E-state index in [0.717, 1.165) is 43.7 Å². The fourth-order valence-electron chi connectivity index (χ4n) is 7.42. The van der Waals surface area contributed by atoms with Crippen LogP contribution in [0.15, 0.2) is 24.3 Å². The number of aliphatic hydroxyl groups is 1. The molecule has 0 aliphatic rings. The first kappa shape index (κ1) is 55.7. The molecule has 0 aromatic carbocycles. The highest BCUT2D eigenvalue weighted by Gasteiger charge is 2.23. The van der Waals surface area contributed by atoms with E-state index in [1.54, 1.807) is 0 Å². The summed E-state index contributed by atoms with van der Waals surface area (Å²) < 4.78 is 13.8. The summed E-state index contributed by atoms with van der Waals surface area (Å²) in [6.45, 7) is 9.63. The minimum Gasteiger partial charge on any atom is -1.00 e. The maximum absolute atomic E-state index is 9.02. The van der Waals surface area contributed by atoms with Gasteiger partial charge in [0.25, 0.3) is 0 Å². The number of halogens is 1. The van der Waals surface area contributed by atoms with Crippen LogP contribution in [0.5, 0.6) is 0 Å². The zero-order chi connectivity index (χ0) is 38.6.